The van der Waals surface area contributed by atoms with Gasteiger partial charge in [-0.3, -0.25) is 0 Å². The van der Waals surface area contributed by atoms with Gasteiger partial charge in [0.05, 0.1) is 5.69 Å². The number of para-hydroxylation sites is 1. The maximum Gasteiger partial charge on any atom is 0.158 e. The third kappa shape index (κ3) is 3.12. The second-order valence-electron chi connectivity index (χ2n) is 11.2. The highest BCUT2D eigenvalue weighted by molar-refractivity contribution is 5.89. The molecule has 0 aliphatic carbocycles. The molecule has 3 aromatic rings. The first-order valence-corrected chi connectivity index (χ1v) is 13.0. The average Bonchev–Trinajstić information content (AvgIpc) is 3.18. The van der Waals surface area contributed by atoms with E-state index in [-0.39, 0.29) is 17.0 Å². The predicted octanol–water partition coefficient (Wildman–Crippen LogP) is 8.62. The fourth-order valence-electron chi connectivity index (χ4n) is 6.72. The van der Waals surface area contributed by atoms with Crippen molar-refractivity contribution in [3.05, 3.63) is 77.5 Å². The molecule has 178 valence electrons. The zero-order valence-electron chi connectivity index (χ0n) is 21.9. The molecule has 0 saturated carbocycles. The van der Waals surface area contributed by atoms with Gasteiger partial charge in [0.15, 0.2) is 5.82 Å². The lowest BCUT2D eigenvalue weighted by atomic mass is 9.62. The van der Waals surface area contributed by atoms with E-state index in [9.17, 15) is 0 Å². The minimum absolute atomic E-state index is 0.101. The summed E-state index contributed by atoms with van der Waals surface area (Å²) in [6.45, 7) is 16.3. The first kappa shape index (κ1) is 23.0. The molecule has 3 heterocycles. The van der Waals surface area contributed by atoms with Gasteiger partial charge in [0.2, 0.25) is 0 Å². The predicted molar refractivity (Wildman–Crippen MR) is 145 cm³/mol. The molecule has 34 heavy (non-hydrogen) atoms. The monoisotopic (exact) mass is 453 g/mol. The highest BCUT2D eigenvalue weighted by Gasteiger charge is 2.57. The third-order valence-corrected chi connectivity index (χ3v) is 8.58. The van der Waals surface area contributed by atoms with Crippen molar-refractivity contribution in [3.63, 3.8) is 0 Å². The van der Waals surface area contributed by atoms with E-state index in [1.54, 1.807) is 0 Å². The molecular formula is C31H39N3. The van der Waals surface area contributed by atoms with E-state index in [1.165, 1.54) is 33.8 Å². The zero-order valence-corrected chi connectivity index (χ0v) is 21.9. The van der Waals surface area contributed by atoms with Gasteiger partial charge in [-0.1, -0.05) is 71.9 Å². The smallest absolute Gasteiger partial charge is 0.158 e. The zero-order chi connectivity index (χ0) is 24.3. The number of hydrogen-bond donors (Lipinski definition) is 0. The van der Waals surface area contributed by atoms with Gasteiger partial charge in [-0.2, -0.15) is 0 Å². The number of anilines is 4. The van der Waals surface area contributed by atoms with Crippen LogP contribution in [-0.4, -0.2) is 11.1 Å². The second-order valence-corrected chi connectivity index (χ2v) is 11.2. The Hall–Kier alpha value is -2.81. The minimum Gasteiger partial charge on any atom is -0.316 e. The van der Waals surface area contributed by atoms with Crippen LogP contribution in [0.4, 0.5) is 22.9 Å². The minimum atomic E-state index is 0.101. The van der Waals surface area contributed by atoms with Crippen LogP contribution in [-0.2, 0) is 5.41 Å². The lowest BCUT2D eigenvalue weighted by Crippen LogP contribution is -2.57. The van der Waals surface area contributed by atoms with Gasteiger partial charge in [-0.15, -0.1) is 0 Å². The SMILES string of the molecule is CCC1c2ccc(C(C)(C)C)cc2N2c3cccnc3N(c3ccccc3C)C2C1(CC)CC. The van der Waals surface area contributed by atoms with Gasteiger partial charge in [0.1, 0.15) is 6.17 Å². The van der Waals surface area contributed by atoms with Crippen LogP contribution >= 0.6 is 0 Å². The topological polar surface area (TPSA) is 19.4 Å². The molecule has 1 aromatic heterocycles. The molecule has 2 aliphatic heterocycles. The van der Waals surface area contributed by atoms with E-state index in [2.05, 4.69) is 113 Å². The number of aromatic nitrogens is 1. The van der Waals surface area contributed by atoms with E-state index >= 15 is 0 Å². The van der Waals surface area contributed by atoms with Crippen molar-refractivity contribution in [2.24, 2.45) is 5.41 Å². The van der Waals surface area contributed by atoms with Crippen LogP contribution in [0.25, 0.3) is 0 Å². The molecule has 2 unspecified atom stereocenters. The summed E-state index contributed by atoms with van der Waals surface area (Å²) in [5.74, 6) is 1.57. The first-order valence-electron chi connectivity index (χ1n) is 13.0. The van der Waals surface area contributed by atoms with Crippen LogP contribution in [0, 0.1) is 12.3 Å². The summed E-state index contributed by atoms with van der Waals surface area (Å²) in [6, 6.07) is 20.4. The van der Waals surface area contributed by atoms with Gasteiger partial charge in [0, 0.05) is 23.0 Å². The molecule has 2 aliphatic rings. The largest absolute Gasteiger partial charge is 0.316 e. The average molecular weight is 454 g/mol. The lowest BCUT2D eigenvalue weighted by molar-refractivity contribution is 0.143. The van der Waals surface area contributed by atoms with Crippen molar-refractivity contribution in [2.75, 3.05) is 9.80 Å². The number of rotatable bonds is 4. The van der Waals surface area contributed by atoms with Gasteiger partial charge in [0.25, 0.3) is 0 Å². The molecule has 3 heteroatoms. The fraction of sp³-hybridized carbons (Fsp3) is 0.452. The molecule has 2 atom stereocenters. The first-order chi connectivity index (χ1) is 16.3. The number of benzene rings is 2. The molecule has 0 amide bonds. The fourth-order valence-corrected chi connectivity index (χ4v) is 6.72. The van der Waals surface area contributed by atoms with Gasteiger partial charge >= 0.3 is 0 Å². The van der Waals surface area contributed by atoms with Crippen molar-refractivity contribution in [1.29, 1.82) is 0 Å². The summed E-state index contributed by atoms with van der Waals surface area (Å²) in [5, 5.41) is 0. The van der Waals surface area contributed by atoms with Crippen LogP contribution in [0.5, 0.6) is 0 Å². The van der Waals surface area contributed by atoms with Crippen molar-refractivity contribution in [2.45, 2.75) is 85.2 Å². The Balaban J connectivity index is 1.86. The summed E-state index contributed by atoms with van der Waals surface area (Å²) in [5.41, 5.74) is 8.25. The Morgan fingerprint density at radius 3 is 2.21 bits per heavy atom. The molecule has 3 nitrogen and oxygen atoms in total. The summed E-state index contributed by atoms with van der Waals surface area (Å²) >= 11 is 0. The highest BCUT2D eigenvalue weighted by Crippen LogP contribution is 2.63. The maximum atomic E-state index is 5.00. The van der Waals surface area contributed by atoms with E-state index in [0.29, 0.717) is 5.92 Å². The van der Waals surface area contributed by atoms with Crippen molar-refractivity contribution >= 4 is 22.9 Å². The molecule has 0 N–H and O–H groups in total. The lowest BCUT2D eigenvalue weighted by Gasteiger charge is -2.55. The number of pyridine rings is 1. The van der Waals surface area contributed by atoms with Crippen LogP contribution in [0.2, 0.25) is 0 Å². The van der Waals surface area contributed by atoms with Crippen molar-refractivity contribution < 1.29 is 0 Å². The number of fused-ring (bicyclic) bond motifs is 5. The van der Waals surface area contributed by atoms with Crippen LogP contribution in [0.1, 0.15) is 83.4 Å². The molecule has 2 aromatic carbocycles. The van der Waals surface area contributed by atoms with Gasteiger partial charge < -0.3 is 9.80 Å². The highest BCUT2D eigenvalue weighted by atomic mass is 15.5. The normalized spacial score (nSPS) is 20.7. The maximum absolute atomic E-state index is 5.00. The quantitative estimate of drug-likeness (QED) is 0.394. The number of nitrogens with zero attached hydrogens (tertiary/aromatic N) is 3. The van der Waals surface area contributed by atoms with Crippen LogP contribution < -0.4 is 9.80 Å². The standard InChI is InChI=1S/C31H39N3/c1-8-24-23-18-17-22(30(5,6)7)20-27(23)33-26-16-13-19-32-28(26)34(25-15-12-11-14-21(25)4)29(33)31(24,9-2)10-3/h11-20,24,29H,8-10H2,1-7H3. The van der Waals surface area contributed by atoms with Crippen LogP contribution in [0.3, 0.4) is 0 Å². The molecule has 5 rings (SSSR count). The summed E-state index contributed by atoms with van der Waals surface area (Å²) in [7, 11) is 0. The van der Waals surface area contributed by atoms with Gasteiger partial charge in [-0.05, 0) is 78.5 Å². The number of aryl methyl sites for hydroxylation is 1. The van der Waals surface area contributed by atoms with E-state index in [1.807, 2.05) is 6.20 Å². The van der Waals surface area contributed by atoms with Crippen molar-refractivity contribution in [1.82, 2.24) is 4.98 Å². The summed E-state index contributed by atoms with van der Waals surface area (Å²) < 4.78 is 0. The summed E-state index contributed by atoms with van der Waals surface area (Å²) in [4.78, 5) is 10.2. The van der Waals surface area contributed by atoms with E-state index in [0.717, 1.165) is 25.1 Å². The van der Waals surface area contributed by atoms with Crippen LogP contribution in [0.15, 0.2) is 60.8 Å². The molecule has 0 spiro atoms. The number of hydrogen-bond acceptors (Lipinski definition) is 3. The Bertz CT molecular complexity index is 1200. The molecule has 0 fully saturated rings. The van der Waals surface area contributed by atoms with E-state index < -0.39 is 0 Å². The van der Waals surface area contributed by atoms with E-state index in [4.69, 9.17) is 4.98 Å². The molecule has 0 radical (unpaired) electrons. The Morgan fingerprint density at radius 1 is 0.853 bits per heavy atom. The molecule has 0 bridgehead atoms. The summed E-state index contributed by atoms with van der Waals surface area (Å²) in [6.07, 6.45) is 5.53. The Labute approximate surface area is 205 Å². The molecule has 0 saturated heterocycles. The van der Waals surface area contributed by atoms with Crippen molar-refractivity contribution in [3.8, 4) is 0 Å². The Morgan fingerprint density at radius 2 is 1.56 bits per heavy atom. The molecular weight excluding hydrogens is 414 g/mol. The third-order valence-electron chi connectivity index (χ3n) is 8.58. The van der Waals surface area contributed by atoms with Gasteiger partial charge in [-0.25, -0.2) is 4.98 Å². The Kier molecular flexibility index (Phi) is 5.50. The second kappa shape index (κ2) is 8.15.